The van der Waals surface area contributed by atoms with Crippen LogP contribution in [0.3, 0.4) is 0 Å². The molecule has 8 nitrogen and oxygen atoms in total. The summed E-state index contributed by atoms with van der Waals surface area (Å²) in [6.45, 7) is 1.63. The van der Waals surface area contributed by atoms with Crippen LogP contribution < -0.4 is 5.32 Å². The number of hydrogen-bond acceptors (Lipinski definition) is 5. The van der Waals surface area contributed by atoms with E-state index in [4.69, 9.17) is 16.3 Å². The molecular formula is C23H25ClN4O4. The van der Waals surface area contributed by atoms with Crippen LogP contribution in [0.25, 0.3) is 11.1 Å². The standard InChI is InChI=1S/C23H25ClN4O4/c1-23(14-32-2,22(30)31)12-19(26-21(29)20-13-25-28-27-20)10-15-6-8-16(9-7-15)17-4-3-5-18(24)11-17/h3-9,11,13,19H,10,12,14H2,1-2H3,(H,26,29)(H,30,31)(H,25,27,28). The zero-order chi connectivity index (χ0) is 23.1. The van der Waals surface area contributed by atoms with Gasteiger partial charge in [-0.1, -0.05) is 48.0 Å². The predicted octanol–water partition coefficient (Wildman–Crippen LogP) is 3.59. The van der Waals surface area contributed by atoms with E-state index in [0.29, 0.717) is 11.4 Å². The molecule has 1 amide bonds. The van der Waals surface area contributed by atoms with Gasteiger partial charge in [-0.3, -0.25) is 9.59 Å². The van der Waals surface area contributed by atoms with Crippen molar-refractivity contribution in [3.05, 3.63) is 71.0 Å². The van der Waals surface area contributed by atoms with Gasteiger partial charge in [0.15, 0.2) is 5.69 Å². The van der Waals surface area contributed by atoms with Crippen LogP contribution >= 0.6 is 11.6 Å². The van der Waals surface area contributed by atoms with E-state index in [9.17, 15) is 14.7 Å². The van der Waals surface area contributed by atoms with Gasteiger partial charge < -0.3 is 15.2 Å². The van der Waals surface area contributed by atoms with E-state index in [1.54, 1.807) is 6.92 Å². The zero-order valence-corrected chi connectivity index (χ0v) is 18.6. The predicted molar refractivity (Wildman–Crippen MR) is 120 cm³/mol. The molecule has 2 atom stereocenters. The lowest BCUT2D eigenvalue weighted by Gasteiger charge is -2.29. The monoisotopic (exact) mass is 456 g/mol. The first-order valence-electron chi connectivity index (χ1n) is 10.0. The molecule has 0 spiro atoms. The molecule has 2 aromatic carbocycles. The minimum Gasteiger partial charge on any atom is -0.481 e. The van der Waals surface area contributed by atoms with Crippen LogP contribution in [0.5, 0.6) is 0 Å². The number of ether oxygens (including phenoxy) is 1. The van der Waals surface area contributed by atoms with Gasteiger partial charge in [-0.2, -0.15) is 15.4 Å². The second-order valence-electron chi connectivity index (χ2n) is 7.94. The van der Waals surface area contributed by atoms with Gasteiger partial charge in [0.2, 0.25) is 0 Å². The third-order valence-corrected chi connectivity index (χ3v) is 5.49. The smallest absolute Gasteiger partial charge is 0.311 e. The Labute approximate surface area is 190 Å². The van der Waals surface area contributed by atoms with Crippen LogP contribution in [0.15, 0.2) is 54.7 Å². The van der Waals surface area contributed by atoms with Crippen molar-refractivity contribution in [3.63, 3.8) is 0 Å². The lowest BCUT2D eigenvalue weighted by Crippen LogP contribution is -2.44. The van der Waals surface area contributed by atoms with Crippen LogP contribution in [-0.2, 0) is 16.0 Å². The first kappa shape index (κ1) is 23.4. The van der Waals surface area contributed by atoms with Crippen molar-refractivity contribution in [2.24, 2.45) is 5.41 Å². The van der Waals surface area contributed by atoms with Crippen molar-refractivity contribution in [2.75, 3.05) is 13.7 Å². The molecule has 168 valence electrons. The van der Waals surface area contributed by atoms with Gasteiger partial charge in [-0.15, -0.1) is 0 Å². The van der Waals surface area contributed by atoms with Crippen LogP contribution in [0, 0.1) is 5.41 Å². The van der Waals surface area contributed by atoms with E-state index in [1.165, 1.54) is 13.3 Å². The lowest BCUT2D eigenvalue weighted by molar-refractivity contribution is -0.152. The van der Waals surface area contributed by atoms with E-state index in [0.717, 1.165) is 16.7 Å². The Hall–Kier alpha value is -3.23. The number of aromatic amines is 1. The molecule has 0 fully saturated rings. The number of halogens is 1. The summed E-state index contributed by atoms with van der Waals surface area (Å²) in [6.07, 6.45) is 1.93. The first-order valence-corrected chi connectivity index (χ1v) is 10.4. The maximum Gasteiger partial charge on any atom is 0.311 e. The summed E-state index contributed by atoms with van der Waals surface area (Å²) in [7, 11) is 1.46. The average molecular weight is 457 g/mol. The highest BCUT2D eigenvalue weighted by atomic mass is 35.5. The second kappa shape index (κ2) is 10.4. The first-order chi connectivity index (χ1) is 15.3. The van der Waals surface area contributed by atoms with Crippen molar-refractivity contribution >= 4 is 23.5 Å². The van der Waals surface area contributed by atoms with Crippen molar-refractivity contribution in [2.45, 2.75) is 25.8 Å². The van der Waals surface area contributed by atoms with E-state index in [-0.39, 0.29) is 18.7 Å². The highest BCUT2D eigenvalue weighted by Crippen LogP contribution is 2.27. The number of amides is 1. The Morgan fingerprint density at radius 2 is 1.97 bits per heavy atom. The summed E-state index contributed by atoms with van der Waals surface area (Å²) < 4.78 is 5.14. The number of carboxylic acid groups (broad SMARTS) is 1. The van der Waals surface area contributed by atoms with Gasteiger partial charge in [0.1, 0.15) is 0 Å². The van der Waals surface area contributed by atoms with Crippen molar-refractivity contribution in [1.82, 2.24) is 20.7 Å². The maximum absolute atomic E-state index is 12.6. The van der Waals surface area contributed by atoms with Gasteiger partial charge in [0.25, 0.3) is 5.91 Å². The minimum absolute atomic E-state index is 0.0202. The molecule has 0 bridgehead atoms. The Balaban J connectivity index is 1.81. The fourth-order valence-electron chi connectivity index (χ4n) is 3.60. The summed E-state index contributed by atoms with van der Waals surface area (Å²) in [6, 6.07) is 15.0. The van der Waals surface area contributed by atoms with Crippen molar-refractivity contribution in [1.29, 1.82) is 0 Å². The lowest BCUT2D eigenvalue weighted by atomic mass is 9.82. The Kier molecular flexibility index (Phi) is 7.61. The van der Waals surface area contributed by atoms with E-state index in [1.807, 2.05) is 48.5 Å². The second-order valence-corrected chi connectivity index (χ2v) is 8.38. The number of H-pyrrole nitrogens is 1. The van der Waals surface area contributed by atoms with Gasteiger partial charge >= 0.3 is 5.97 Å². The van der Waals surface area contributed by atoms with Crippen LogP contribution in [0.2, 0.25) is 5.02 Å². The summed E-state index contributed by atoms with van der Waals surface area (Å²) >= 11 is 6.09. The highest BCUT2D eigenvalue weighted by Gasteiger charge is 2.36. The van der Waals surface area contributed by atoms with E-state index < -0.39 is 23.3 Å². The number of hydrogen-bond donors (Lipinski definition) is 3. The minimum atomic E-state index is -1.17. The molecule has 1 heterocycles. The number of benzene rings is 2. The molecule has 0 aliphatic heterocycles. The summed E-state index contributed by atoms with van der Waals surface area (Å²) in [5.41, 5.74) is 1.92. The number of aromatic nitrogens is 3. The molecule has 3 rings (SSSR count). The topological polar surface area (TPSA) is 117 Å². The number of nitrogens with one attached hydrogen (secondary N) is 2. The number of carboxylic acids is 1. The summed E-state index contributed by atoms with van der Waals surface area (Å²) in [5, 5.41) is 23.2. The molecule has 32 heavy (non-hydrogen) atoms. The molecule has 2 unspecified atom stereocenters. The molecule has 0 aliphatic carbocycles. The van der Waals surface area contributed by atoms with Crippen molar-refractivity contribution < 1.29 is 19.4 Å². The molecule has 0 aliphatic rings. The molecule has 3 aromatic rings. The normalized spacial score (nSPS) is 13.8. The van der Waals surface area contributed by atoms with Crippen LogP contribution in [-0.4, -0.2) is 52.2 Å². The number of carbonyl (C=O) groups excluding carboxylic acids is 1. The van der Waals surface area contributed by atoms with Gasteiger partial charge in [0.05, 0.1) is 18.2 Å². The average Bonchev–Trinajstić information content (AvgIpc) is 3.29. The molecule has 9 heteroatoms. The molecule has 0 saturated carbocycles. The Bertz CT molecular complexity index is 1060. The third-order valence-electron chi connectivity index (χ3n) is 5.25. The van der Waals surface area contributed by atoms with E-state index in [2.05, 4.69) is 20.7 Å². The number of rotatable bonds is 10. The van der Waals surface area contributed by atoms with Crippen molar-refractivity contribution in [3.8, 4) is 11.1 Å². The number of nitrogens with zero attached hydrogens (tertiary/aromatic N) is 2. The molecular weight excluding hydrogens is 432 g/mol. The Morgan fingerprint density at radius 3 is 2.56 bits per heavy atom. The summed E-state index contributed by atoms with van der Waals surface area (Å²) in [4.78, 5) is 24.5. The molecule has 1 aromatic heterocycles. The fourth-order valence-corrected chi connectivity index (χ4v) is 3.79. The van der Waals surface area contributed by atoms with E-state index >= 15 is 0 Å². The zero-order valence-electron chi connectivity index (χ0n) is 17.8. The number of aliphatic carboxylic acids is 1. The maximum atomic E-state index is 12.6. The van der Waals surface area contributed by atoms with Gasteiger partial charge in [-0.05, 0) is 48.6 Å². The molecule has 0 saturated heterocycles. The number of carbonyl (C=O) groups is 2. The highest BCUT2D eigenvalue weighted by molar-refractivity contribution is 6.30. The fraction of sp³-hybridized carbons (Fsp3) is 0.304. The van der Waals surface area contributed by atoms with Crippen LogP contribution in [0.1, 0.15) is 29.4 Å². The van der Waals surface area contributed by atoms with Crippen LogP contribution in [0.4, 0.5) is 0 Å². The SMILES string of the molecule is COCC(C)(CC(Cc1ccc(-c2cccc(Cl)c2)cc1)NC(=O)c1cn[nH]n1)C(=O)O. The quantitative estimate of drug-likeness (QED) is 0.429. The molecule has 0 radical (unpaired) electrons. The number of methoxy groups -OCH3 is 1. The van der Waals surface area contributed by atoms with Gasteiger partial charge in [0, 0.05) is 18.2 Å². The molecule has 3 N–H and O–H groups in total. The largest absolute Gasteiger partial charge is 0.481 e. The summed E-state index contributed by atoms with van der Waals surface area (Å²) in [5.74, 6) is -1.42. The Morgan fingerprint density at radius 1 is 1.22 bits per heavy atom. The third kappa shape index (κ3) is 5.93. The van der Waals surface area contributed by atoms with Gasteiger partial charge in [-0.25, -0.2) is 0 Å².